The molecule has 108 valence electrons. The van der Waals surface area contributed by atoms with Crippen LogP contribution in [0.5, 0.6) is 0 Å². The predicted molar refractivity (Wildman–Crippen MR) is 84.8 cm³/mol. The second-order valence-corrected chi connectivity index (χ2v) is 5.62. The van der Waals surface area contributed by atoms with Gasteiger partial charge in [-0.15, -0.1) is 11.3 Å². The van der Waals surface area contributed by atoms with Gasteiger partial charge >= 0.3 is 5.97 Å². The van der Waals surface area contributed by atoms with Crippen LogP contribution in [0.3, 0.4) is 0 Å². The molecule has 1 heterocycles. The predicted octanol–water partition coefficient (Wildman–Crippen LogP) is 4.02. The van der Waals surface area contributed by atoms with Crippen LogP contribution in [0, 0.1) is 0 Å². The van der Waals surface area contributed by atoms with E-state index in [0.717, 1.165) is 11.1 Å². The molecule has 0 radical (unpaired) electrons. The highest BCUT2D eigenvalue weighted by Gasteiger charge is 2.20. The van der Waals surface area contributed by atoms with Crippen molar-refractivity contribution in [3.63, 3.8) is 0 Å². The standard InChI is InChI=1S/C16H15NO3S/c1-10(2)8-13(18)17-15-14(16(19)20)12(9-21-15)11-6-4-3-5-7-11/h3-9H,1-2H3,(H,17,18)(H,19,20). The van der Waals surface area contributed by atoms with Crippen molar-refractivity contribution in [2.75, 3.05) is 5.32 Å². The van der Waals surface area contributed by atoms with Crippen molar-refractivity contribution >= 4 is 28.2 Å². The van der Waals surface area contributed by atoms with Gasteiger partial charge in [-0.2, -0.15) is 0 Å². The average Bonchev–Trinajstić information content (AvgIpc) is 2.82. The van der Waals surface area contributed by atoms with Crippen LogP contribution in [0.25, 0.3) is 11.1 Å². The maximum Gasteiger partial charge on any atom is 0.339 e. The van der Waals surface area contributed by atoms with E-state index in [0.29, 0.717) is 10.6 Å². The number of hydrogen-bond acceptors (Lipinski definition) is 3. The summed E-state index contributed by atoms with van der Waals surface area (Å²) in [6.07, 6.45) is 1.44. The number of aromatic carboxylic acids is 1. The summed E-state index contributed by atoms with van der Waals surface area (Å²) in [5, 5.41) is 14.2. The zero-order valence-electron chi connectivity index (χ0n) is 11.7. The molecule has 0 aliphatic heterocycles. The van der Waals surface area contributed by atoms with Crippen LogP contribution < -0.4 is 5.32 Å². The number of thiophene rings is 1. The number of allylic oxidation sites excluding steroid dienone is 1. The van der Waals surface area contributed by atoms with Gasteiger partial charge in [0.15, 0.2) is 0 Å². The Labute approximate surface area is 126 Å². The quantitative estimate of drug-likeness (QED) is 0.838. The molecule has 0 aliphatic carbocycles. The lowest BCUT2D eigenvalue weighted by molar-refractivity contribution is -0.111. The van der Waals surface area contributed by atoms with Crippen LogP contribution in [-0.2, 0) is 4.79 Å². The van der Waals surface area contributed by atoms with Gasteiger partial charge in [0.05, 0.1) is 0 Å². The van der Waals surface area contributed by atoms with E-state index in [-0.39, 0.29) is 11.5 Å². The Morgan fingerprint density at radius 3 is 2.43 bits per heavy atom. The number of carboxylic acid groups (broad SMARTS) is 1. The number of rotatable bonds is 4. The molecule has 0 saturated heterocycles. The summed E-state index contributed by atoms with van der Waals surface area (Å²) in [5.74, 6) is -1.37. The first kappa shape index (κ1) is 15.0. The van der Waals surface area contributed by atoms with Gasteiger partial charge in [-0.05, 0) is 19.4 Å². The Bertz CT molecular complexity index is 698. The first-order chi connectivity index (χ1) is 9.99. The van der Waals surface area contributed by atoms with Crippen LogP contribution in [0.1, 0.15) is 24.2 Å². The van der Waals surface area contributed by atoms with Gasteiger partial charge < -0.3 is 10.4 Å². The molecular weight excluding hydrogens is 286 g/mol. The van der Waals surface area contributed by atoms with Crippen LogP contribution in [0.2, 0.25) is 0 Å². The van der Waals surface area contributed by atoms with Crippen LogP contribution in [0.15, 0.2) is 47.4 Å². The van der Waals surface area contributed by atoms with E-state index >= 15 is 0 Å². The van der Waals surface area contributed by atoms with Crippen molar-refractivity contribution < 1.29 is 14.7 Å². The normalized spacial score (nSPS) is 10.0. The Hall–Kier alpha value is -2.40. The summed E-state index contributed by atoms with van der Waals surface area (Å²) in [6.45, 7) is 3.61. The summed E-state index contributed by atoms with van der Waals surface area (Å²) >= 11 is 1.21. The minimum Gasteiger partial charge on any atom is -0.478 e. The van der Waals surface area contributed by atoms with Gasteiger partial charge in [0.1, 0.15) is 10.6 Å². The van der Waals surface area contributed by atoms with Crippen molar-refractivity contribution in [3.05, 3.63) is 52.9 Å². The molecule has 0 saturated carbocycles. The number of carbonyl (C=O) groups is 2. The van der Waals surface area contributed by atoms with Crippen molar-refractivity contribution in [2.24, 2.45) is 0 Å². The number of carboxylic acids is 1. The number of benzene rings is 1. The number of anilines is 1. The molecule has 5 heteroatoms. The maximum absolute atomic E-state index is 11.8. The summed E-state index contributed by atoms with van der Waals surface area (Å²) in [7, 11) is 0. The first-order valence-electron chi connectivity index (χ1n) is 6.35. The molecule has 0 unspecified atom stereocenters. The maximum atomic E-state index is 11.8. The molecule has 4 nitrogen and oxygen atoms in total. The molecular formula is C16H15NO3S. The molecule has 1 aromatic heterocycles. The Kier molecular flexibility index (Phi) is 4.55. The molecule has 21 heavy (non-hydrogen) atoms. The highest BCUT2D eigenvalue weighted by Crippen LogP contribution is 2.35. The minimum absolute atomic E-state index is 0.127. The molecule has 2 rings (SSSR count). The zero-order chi connectivity index (χ0) is 15.4. The summed E-state index contributed by atoms with van der Waals surface area (Å²) in [6, 6.07) is 9.25. The van der Waals surface area contributed by atoms with Crippen LogP contribution in [-0.4, -0.2) is 17.0 Å². The van der Waals surface area contributed by atoms with Crippen LogP contribution in [0.4, 0.5) is 5.00 Å². The summed E-state index contributed by atoms with van der Waals surface area (Å²) in [4.78, 5) is 23.3. The molecule has 0 bridgehead atoms. The van der Waals surface area contributed by atoms with E-state index in [1.165, 1.54) is 17.4 Å². The Morgan fingerprint density at radius 1 is 1.19 bits per heavy atom. The SMILES string of the molecule is CC(C)=CC(=O)Nc1scc(-c2ccccc2)c1C(=O)O. The highest BCUT2D eigenvalue weighted by atomic mass is 32.1. The molecule has 0 fully saturated rings. The van der Waals surface area contributed by atoms with Gasteiger partial charge in [0, 0.05) is 17.0 Å². The Balaban J connectivity index is 2.41. The fraction of sp³-hybridized carbons (Fsp3) is 0.125. The van der Waals surface area contributed by atoms with E-state index in [1.54, 1.807) is 5.38 Å². The molecule has 0 aliphatic rings. The molecule has 0 atom stereocenters. The fourth-order valence-corrected chi connectivity index (χ4v) is 2.87. The van der Waals surface area contributed by atoms with Gasteiger partial charge in [-0.1, -0.05) is 35.9 Å². The number of nitrogens with one attached hydrogen (secondary N) is 1. The minimum atomic E-state index is -1.05. The van der Waals surface area contributed by atoms with Gasteiger partial charge in [-0.25, -0.2) is 4.79 Å². The highest BCUT2D eigenvalue weighted by molar-refractivity contribution is 7.15. The second-order valence-electron chi connectivity index (χ2n) is 4.74. The third-order valence-electron chi connectivity index (χ3n) is 2.75. The lowest BCUT2D eigenvalue weighted by Crippen LogP contribution is -2.10. The number of hydrogen-bond donors (Lipinski definition) is 2. The number of carbonyl (C=O) groups excluding carboxylic acids is 1. The first-order valence-corrected chi connectivity index (χ1v) is 7.23. The van der Waals surface area contributed by atoms with Gasteiger partial charge in [0.2, 0.25) is 5.91 Å². The van der Waals surface area contributed by atoms with Crippen molar-refractivity contribution in [2.45, 2.75) is 13.8 Å². The topological polar surface area (TPSA) is 66.4 Å². The smallest absolute Gasteiger partial charge is 0.339 e. The average molecular weight is 301 g/mol. The second kappa shape index (κ2) is 6.37. The lowest BCUT2D eigenvalue weighted by Gasteiger charge is -2.04. The fourth-order valence-electron chi connectivity index (χ4n) is 1.90. The molecule has 2 N–H and O–H groups in total. The number of amides is 1. The van der Waals surface area contributed by atoms with Crippen LogP contribution >= 0.6 is 11.3 Å². The molecule has 1 amide bonds. The van der Waals surface area contributed by atoms with E-state index in [9.17, 15) is 14.7 Å². The third kappa shape index (κ3) is 3.58. The zero-order valence-corrected chi connectivity index (χ0v) is 12.5. The summed E-state index contributed by atoms with van der Waals surface area (Å²) < 4.78 is 0. The van der Waals surface area contributed by atoms with Crippen molar-refractivity contribution in [1.82, 2.24) is 0 Å². The van der Waals surface area contributed by atoms with Gasteiger partial charge in [-0.3, -0.25) is 4.79 Å². The van der Waals surface area contributed by atoms with E-state index in [4.69, 9.17) is 0 Å². The largest absolute Gasteiger partial charge is 0.478 e. The third-order valence-corrected chi connectivity index (χ3v) is 3.64. The lowest BCUT2D eigenvalue weighted by atomic mass is 10.0. The molecule has 2 aromatic rings. The van der Waals surface area contributed by atoms with Gasteiger partial charge in [0.25, 0.3) is 0 Å². The van der Waals surface area contributed by atoms with E-state index in [2.05, 4.69) is 5.32 Å². The van der Waals surface area contributed by atoms with E-state index < -0.39 is 5.97 Å². The van der Waals surface area contributed by atoms with Crippen molar-refractivity contribution in [1.29, 1.82) is 0 Å². The molecule has 1 aromatic carbocycles. The molecule has 0 spiro atoms. The van der Waals surface area contributed by atoms with E-state index in [1.807, 2.05) is 44.2 Å². The Morgan fingerprint density at radius 2 is 1.86 bits per heavy atom. The summed E-state index contributed by atoms with van der Waals surface area (Å²) in [5.41, 5.74) is 2.40. The monoisotopic (exact) mass is 301 g/mol. The van der Waals surface area contributed by atoms with Crippen molar-refractivity contribution in [3.8, 4) is 11.1 Å².